The molecule has 0 saturated heterocycles. The van der Waals surface area contributed by atoms with Crippen LogP contribution in [0.15, 0.2) is 54.6 Å². The number of nitrogens with one attached hydrogen (secondary N) is 1. The summed E-state index contributed by atoms with van der Waals surface area (Å²) in [6.45, 7) is 0. The molecule has 0 aliphatic rings. The van der Waals surface area contributed by atoms with Crippen molar-refractivity contribution in [3.8, 4) is 0 Å². The highest BCUT2D eigenvalue weighted by atomic mass is 127. The molecule has 0 spiro atoms. The molecule has 3 aromatic rings. The molecule has 4 nitrogen and oxygen atoms in total. The summed E-state index contributed by atoms with van der Waals surface area (Å²) < 4.78 is 1.09. The molecule has 22 heavy (non-hydrogen) atoms. The van der Waals surface area contributed by atoms with Gasteiger partial charge in [-0.05, 0) is 52.4 Å². The number of hydrogen-bond acceptors (Lipinski definition) is 4. The Morgan fingerprint density at radius 1 is 1.05 bits per heavy atom. The molecule has 3 rings (SSSR count). The number of anilines is 1. The number of hydrogen-bond donors (Lipinski definition) is 1. The van der Waals surface area contributed by atoms with Crippen LogP contribution in [0.1, 0.15) is 20.9 Å². The predicted octanol–water partition coefficient (Wildman–Crippen LogP) is 3.99. The largest absolute Gasteiger partial charge is 0.296 e. The Kier molecular flexibility index (Phi) is 4.79. The molecule has 1 amide bonds. The quantitative estimate of drug-likeness (QED) is 0.649. The number of benzene rings is 2. The third-order valence-electron chi connectivity index (χ3n) is 2.99. The summed E-state index contributed by atoms with van der Waals surface area (Å²) in [6, 6.07) is 17.5. The van der Waals surface area contributed by atoms with Crippen LogP contribution in [0.5, 0.6) is 0 Å². The highest BCUT2D eigenvalue weighted by Crippen LogP contribution is 2.19. The van der Waals surface area contributed by atoms with E-state index < -0.39 is 0 Å². The number of aromatic nitrogens is 2. The van der Waals surface area contributed by atoms with Crippen LogP contribution in [0, 0.1) is 3.57 Å². The maximum absolute atomic E-state index is 12.1. The summed E-state index contributed by atoms with van der Waals surface area (Å²) in [5.74, 6) is -0.168. The van der Waals surface area contributed by atoms with Crippen molar-refractivity contribution < 1.29 is 4.79 Å². The van der Waals surface area contributed by atoms with Gasteiger partial charge < -0.3 is 0 Å². The van der Waals surface area contributed by atoms with Crippen LogP contribution < -0.4 is 5.32 Å². The Hall–Kier alpha value is -1.80. The molecule has 6 heteroatoms. The van der Waals surface area contributed by atoms with E-state index in [-0.39, 0.29) is 5.91 Å². The van der Waals surface area contributed by atoms with Crippen LogP contribution in [-0.2, 0) is 6.42 Å². The van der Waals surface area contributed by atoms with Crippen LogP contribution in [0.3, 0.4) is 0 Å². The second-order valence-corrected chi connectivity index (χ2v) is 6.93. The molecule has 1 aromatic heterocycles. The zero-order chi connectivity index (χ0) is 15.4. The Labute approximate surface area is 145 Å². The van der Waals surface area contributed by atoms with Gasteiger partial charge in [0, 0.05) is 15.6 Å². The van der Waals surface area contributed by atoms with Crippen molar-refractivity contribution >= 4 is 45.0 Å². The molecular formula is C16H12IN3OS. The first-order chi connectivity index (χ1) is 10.7. The maximum atomic E-state index is 12.1. The topological polar surface area (TPSA) is 54.9 Å². The lowest BCUT2D eigenvalue weighted by Gasteiger charge is -2.00. The lowest BCUT2D eigenvalue weighted by molar-refractivity contribution is 0.102. The van der Waals surface area contributed by atoms with Crippen molar-refractivity contribution in [1.82, 2.24) is 10.2 Å². The molecule has 1 N–H and O–H groups in total. The summed E-state index contributed by atoms with van der Waals surface area (Å²) >= 11 is 3.60. The van der Waals surface area contributed by atoms with Crippen LogP contribution in [0.4, 0.5) is 5.13 Å². The van der Waals surface area contributed by atoms with E-state index in [1.54, 1.807) is 12.1 Å². The third-order valence-corrected chi connectivity index (χ3v) is 4.55. The molecule has 0 atom stereocenters. The van der Waals surface area contributed by atoms with Gasteiger partial charge in [0.2, 0.25) is 5.13 Å². The highest BCUT2D eigenvalue weighted by molar-refractivity contribution is 14.1. The molecule has 2 aromatic carbocycles. The number of carbonyl (C=O) groups is 1. The minimum absolute atomic E-state index is 0.168. The lowest BCUT2D eigenvalue weighted by Crippen LogP contribution is -2.11. The number of amides is 1. The SMILES string of the molecule is O=C(Nc1nnc(Cc2ccccc2)s1)c1ccc(I)cc1. The fraction of sp³-hybridized carbons (Fsp3) is 0.0625. The van der Waals surface area contributed by atoms with Gasteiger partial charge >= 0.3 is 0 Å². The van der Waals surface area contributed by atoms with Crippen LogP contribution in [-0.4, -0.2) is 16.1 Å². The van der Waals surface area contributed by atoms with Crippen molar-refractivity contribution in [2.45, 2.75) is 6.42 Å². The summed E-state index contributed by atoms with van der Waals surface area (Å²) in [6.07, 6.45) is 0.720. The summed E-state index contributed by atoms with van der Waals surface area (Å²) in [7, 11) is 0. The Morgan fingerprint density at radius 2 is 1.77 bits per heavy atom. The normalized spacial score (nSPS) is 10.4. The van der Waals surface area contributed by atoms with Gasteiger partial charge in [-0.25, -0.2) is 0 Å². The molecule has 0 bridgehead atoms. The lowest BCUT2D eigenvalue weighted by atomic mass is 10.2. The second-order valence-electron chi connectivity index (χ2n) is 4.62. The number of halogens is 1. The van der Waals surface area contributed by atoms with E-state index in [0.29, 0.717) is 10.7 Å². The van der Waals surface area contributed by atoms with Gasteiger partial charge in [0.25, 0.3) is 5.91 Å². The van der Waals surface area contributed by atoms with Gasteiger partial charge in [-0.15, -0.1) is 10.2 Å². The number of nitrogens with zero attached hydrogens (tertiary/aromatic N) is 2. The van der Waals surface area contributed by atoms with Gasteiger partial charge in [0.15, 0.2) is 0 Å². The van der Waals surface area contributed by atoms with Gasteiger partial charge in [0.05, 0.1) is 0 Å². The molecule has 0 aliphatic heterocycles. The summed E-state index contributed by atoms with van der Waals surface area (Å²) in [4.78, 5) is 12.1. The van der Waals surface area contributed by atoms with Crippen molar-refractivity contribution in [2.24, 2.45) is 0 Å². The molecule has 0 saturated carbocycles. The zero-order valence-electron chi connectivity index (χ0n) is 11.5. The molecule has 110 valence electrons. The van der Waals surface area contributed by atoms with Crippen LogP contribution in [0.25, 0.3) is 0 Å². The summed E-state index contributed by atoms with van der Waals surface area (Å²) in [5, 5.41) is 12.3. The minimum Gasteiger partial charge on any atom is -0.296 e. The van der Waals surface area contributed by atoms with Gasteiger partial charge in [-0.1, -0.05) is 41.7 Å². The van der Waals surface area contributed by atoms with E-state index in [2.05, 4.69) is 38.1 Å². The van der Waals surface area contributed by atoms with Gasteiger partial charge in [0.1, 0.15) is 5.01 Å². The third kappa shape index (κ3) is 3.89. The Bertz CT molecular complexity index is 772. The van der Waals surface area contributed by atoms with Gasteiger partial charge in [-0.3, -0.25) is 10.1 Å². The standard InChI is InChI=1S/C16H12IN3OS/c17-13-8-6-12(7-9-13)15(21)18-16-20-19-14(22-16)10-11-4-2-1-3-5-11/h1-9H,10H2,(H,18,20,21). The molecule has 0 radical (unpaired) electrons. The average Bonchev–Trinajstić information content (AvgIpc) is 2.96. The van der Waals surface area contributed by atoms with E-state index >= 15 is 0 Å². The Balaban J connectivity index is 1.66. The minimum atomic E-state index is -0.168. The molecule has 0 aliphatic carbocycles. The number of rotatable bonds is 4. The molecule has 0 unspecified atom stereocenters. The van der Waals surface area contributed by atoms with E-state index in [1.165, 1.54) is 16.9 Å². The monoisotopic (exact) mass is 421 g/mol. The summed E-state index contributed by atoms with van der Waals surface area (Å²) in [5.41, 5.74) is 1.79. The fourth-order valence-corrected chi connectivity index (χ4v) is 3.05. The molecule has 1 heterocycles. The second kappa shape index (κ2) is 6.97. The van der Waals surface area contributed by atoms with E-state index in [9.17, 15) is 4.79 Å². The van der Waals surface area contributed by atoms with Crippen molar-refractivity contribution in [3.05, 3.63) is 74.3 Å². The molecular weight excluding hydrogens is 409 g/mol. The van der Waals surface area contributed by atoms with Crippen molar-refractivity contribution in [3.63, 3.8) is 0 Å². The van der Waals surface area contributed by atoms with Crippen molar-refractivity contribution in [2.75, 3.05) is 5.32 Å². The predicted molar refractivity (Wildman–Crippen MR) is 96.3 cm³/mol. The smallest absolute Gasteiger partial charge is 0.257 e. The zero-order valence-corrected chi connectivity index (χ0v) is 14.5. The first-order valence-corrected chi connectivity index (χ1v) is 8.53. The maximum Gasteiger partial charge on any atom is 0.257 e. The van der Waals surface area contributed by atoms with Gasteiger partial charge in [-0.2, -0.15) is 0 Å². The first kappa shape index (κ1) is 15.1. The van der Waals surface area contributed by atoms with Crippen LogP contribution >= 0.6 is 33.9 Å². The van der Waals surface area contributed by atoms with E-state index in [0.717, 1.165) is 15.0 Å². The highest BCUT2D eigenvalue weighted by Gasteiger charge is 2.10. The average molecular weight is 421 g/mol. The van der Waals surface area contributed by atoms with E-state index in [1.807, 2.05) is 42.5 Å². The number of carbonyl (C=O) groups excluding carboxylic acids is 1. The van der Waals surface area contributed by atoms with Crippen molar-refractivity contribution in [1.29, 1.82) is 0 Å². The molecule has 0 fully saturated rings. The fourth-order valence-electron chi connectivity index (χ4n) is 1.92. The first-order valence-electron chi connectivity index (χ1n) is 6.64. The van der Waals surface area contributed by atoms with E-state index in [4.69, 9.17) is 0 Å². The van der Waals surface area contributed by atoms with Crippen LogP contribution in [0.2, 0.25) is 0 Å². The Morgan fingerprint density at radius 3 is 2.50 bits per heavy atom.